The van der Waals surface area contributed by atoms with Crippen molar-refractivity contribution in [2.24, 2.45) is 0 Å². The van der Waals surface area contributed by atoms with Gasteiger partial charge in [0.15, 0.2) is 5.65 Å². The van der Waals surface area contributed by atoms with E-state index in [1.807, 2.05) is 18.4 Å². The monoisotopic (exact) mass is 539 g/mol. The van der Waals surface area contributed by atoms with E-state index in [1.165, 1.54) is 18.2 Å². The zero-order valence-electron chi connectivity index (χ0n) is 20.9. The Morgan fingerprint density at radius 2 is 1.87 bits per heavy atom. The molecule has 0 aliphatic carbocycles. The number of benzene rings is 2. The fourth-order valence-corrected chi connectivity index (χ4v) is 4.93. The standard InChI is InChI=1S/C26H29N5O6S/c1-26(2,13-14-31-17-27-24-21(31)11-12-23(29-24)37-25(33)34)28-16-22(32)18-7-6-8-19(15-18)30-38(35,36)20-9-4-3-5-10-20/h3-12,15,17,22,28,30,32H,13-14,16H2,1-2H3,(H,33,34). The summed E-state index contributed by atoms with van der Waals surface area (Å²) < 4.78 is 34.3. The second kappa shape index (κ2) is 11.2. The molecule has 0 fully saturated rings. The summed E-state index contributed by atoms with van der Waals surface area (Å²) in [6.07, 6.45) is 0.0258. The molecular weight excluding hydrogens is 510 g/mol. The van der Waals surface area contributed by atoms with Crippen molar-refractivity contribution >= 4 is 33.0 Å². The van der Waals surface area contributed by atoms with Crippen LogP contribution in [0.5, 0.6) is 5.88 Å². The minimum absolute atomic E-state index is 0.0387. The van der Waals surface area contributed by atoms with Crippen LogP contribution in [0.2, 0.25) is 0 Å². The number of aliphatic hydroxyl groups excluding tert-OH is 1. The van der Waals surface area contributed by atoms with E-state index < -0.39 is 22.3 Å². The summed E-state index contributed by atoms with van der Waals surface area (Å²) in [6, 6.07) is 17.9. The van der Waals surface area contributed by atoms with Crippen molar-refractivity contribution in [3.63, 3.8) is 0 Å². The Labute approximate surface area is 220 Å². The number of nitrogens with zero attached hydrogens (tertiary/aromatic N) is 3. The number of rotatable bonds is 11. The smallest absolute Gasteiger partial charge is 0.449 e. The van der Waals surface area contributed by atoms with Crippen molar-refractivity contribution in [3.8, 4) is 5.88 Å². The minimum Gasteiger partial charge on any atom is -0.449 e. The molecule has 4 N–H and O–H groups in total. The van der Waals surface area contributed by atoms with Crippen molar-refractivity contribution in [2.45, 2.75) is 43.4 Å². The molecule has 11 nitrogen and oxygen atoms in total. The van der Waals surface area contributed by atoms with E-state index in [9.17, 15) is 18.3 Å². The van der Waals surface area contributed by atoms with E-state index in [0.29, 0.717) is 29.9 Å². The highest BCUT2D eigenvalue weighted by molar-refractivity contribution is 7.92. The Hall–Kier alpha value is -4.00. The lowest BCUT2D eigenvalue weighted by Crippen LogP contribution is -2.42. The molecule has 0 amide bonds. The highest BCUT2D eigenvalue weighted by Crippen LogP contribution is 2.22. The second-order valence-corrected chi connectivity index (χ2v) is 11.1. The van der Waals surface area contributed by atoms with E-state index in [2.05, 4.69) is 24.7 Å². The van der Waals surface area contributed by atoms with Crippen LogP contribution in [0.1, 0.15) is 31.9 Å². The molecule has 2 aromatic carbocycles. The van der Waals surface area contributed by atoms with Crippen molar-refractivity contribution in [1.82, 2.24) is 19.9 Å². The molecule has 12 heteroatoms. The Morgan fingerprint density at radius 1 is 1.11 bits per heavy atom. The van der Waals surface area contributed by atoms with E-state index >= 15 is 0 Å². The van der Waals surface area contributed by atoms with Gasteiger partial charge in [-0.2, -0.15) is 4.98 Å². The third-order valence-corrected chi connectivity index (χ3v) is 7.38. The lowest BCUT2D eigenvalue weighted by Gasteiger charge is -2.28. The normalized spacial score (nSPS) is 12.8. The molecule has 1 unspecified atom stereocenters. The maximum Gasteiger partial charge on any atom is 0.512 e. The molecule has 0 spiro atoms. The highest BCUT2D eigenvalue weighted by atomic mass is 32.2. The average Bonchev–Trinajstić information content (AvgIpc) is 3.28. The lowest BCUT2D eigenvalue weighted by molar-refractivity contribution is 0.142. The first kappa shape index (κ1) is 27.0. The van der Waals surface area contributed by atoms with Gasteiger partial charge in [-0.25, -0.2) is 18.2 Å². The predicted molar refractivity (Wildman–Crippen MR) is 142 cm³/mol. The number of β-amino-alcohol motifs (C(OH)–C–C–N with tert-alkyl or cyclic N) is 1. The minimum atomic E-state index is -3.74. The van der Waals surface area contributed by atoms with Crippen molar-refractivity contribution < 1.29 is 28.2 Å². The summed E-state index contributed by atoms with van der Waals surface area (Å²) in [4.78, 5) is 19.2. The Kier molecular flexibility index (Phi) is 7.95. The molecule has 0 aliphatic heterocycles. The number of aryl methyl sites for hydroxylation is 1. The summed E-state index contributed by atoms with van der Waals surface area (Å²) in [7, 11) is -3.74. The summed E-state index contributed by atoms with van der Waals surface area (Å²) in [6.45, 7) is 4.88. The maximum absolute atomic E-state index is 12.6. The Bertz CT molecular complexity index is 1520. The number of imidazole rings is 1. The molecular formula is C26H29N5O6S. The van der Waals surface area contributed by atoms with Crippen LogP contribution in [0, 0.1) is 0 Å². The summed E-state index contributed by atoms with van der Waals surface area (Å²) in [5, 5.41) is 22.9. The van der Waals surface area contributed by atoms with Gasteiger partial charge in [-0.15, -0.1) is 0 Å². The molecule has 1 atom stereocenters. The van der Waals surface area contributed by atoms with E-state index in [1.54, 1.807) is 54.9 Å². The number of anilines is 1. The lowest BCUT2D eigenvalue weighted by atomic mass is 9.99. The molecule has 0 radical (unpaired) electrons. The van der Waals surface area contributed by atoms with Crippen LogP contribution in [-0.4, -0.2) is 51.4 Å². The fourth-order valence-electron chi connectivity index (χ4n) is 3.86. The number of aromatic nitrogens is 3. The number of carbonyl (C=O) groups is 1. The van der Waals surface area contributed by atoms with E-state index in [4.69, 9.17) is 5.11 Å². The van der Waals surface area contributed by atoms with Gasteiger partial charge < -0.3 is 24.8 Å². The number of hydrogen-bond donors (Lipinski definition) is 4. The number of sulfonamides is 1. The highest BCUT2D eigenvalue weighted by Gasteiger charge is 2.21. The Balaban J connectivity index is 1.34. The molecule has 38 heavy (non-hydrogen) atoms. The maximum atomic E-state index is 12.6. The largest absolute Gasteiger partial charge is 0.512 e. The molecule has 0 saturated heterocycles. The van der Waals surface area contributed by atoms with Gasteiger partial charge in [-0.3, -0.25) is 4.72 Å². The van der Waals surface area contributed by atoms with Crippen LogP contribution in [0.4, 0.5) is 10.5 Å². The average molecular weight is 540 g/mol. The number of carboxylic acid groups (broad SMARTS) is 1. The van der Waals surface area contributed by atoms with Gasteiger partial charge in [-0.05, 0) is 56.2 Å². The van der Waals surface area contributed by atoms with Crippen LogP contribution in [0.25, 0.3) is 11.2 Å². The third-order valence-electron chi connectivity index (χ3n) is 5.98. The van der Waals surface area contributed by atoms with Crippen LogP contribution in [-0.2, 0) is 16.6 Å². The molecule has 2 aromatic heterocycles. The van der Waals surface area contributed by atoms with Crippen molar-refractivity contribution in [2.75, 3.05) is 11.3 Å². The molecule has 200 valence electrons. The second-order valence-electron chi connectivity index (χ2n) is 9.37. The zero-order chi connectivity index (χ0) is 27.3. The fraction of sp³-hybridized carbons (Fsp3) is 0.269. The quantitative estimate of drug-likeness (QED) is 0.208. The van der Waals surface area contributed by atoms with Crippen LogP contribution < -0.4 is 14.8 Å². The topological polar surface area (TPSA) is 156 Å². The van der Waals surface area contributed by atoms with Gasteiger partial charge in [0.1, 0.15) is 0 Å². The van der Waals surface area contributed by atoms with Crippen molar-refractivity contribution in [1.29, 1.82) is 0 Å². The SMILES string of the molecule is CC(C)(CCn1cnc2nc(OC(=O)O)ccc21)NCC(O)c1cccc(NS(=O)(=O)c2ccccc2)c1. The number of nitrogens with one attached hydrogen (secondary N) is 2. The molecule has 2 heterocycles. The van der Waals surface area contributed by atoms with Gasteiger partial charge >= 0.3 is 6.16 Å². The van der Waals surface area contributed by atoms with E-state index in [0.717, 1.165) is 5.52 Å². The molecule has 4 aromatic rings. The number of ether oxygens (including phenoxy) is 1. The van der Waals surface area contributed by atoms with Crippen LogP contribution in [0.15, 0.2) is 78.0 Å². The first-order valence-electron chi connectivity index (χ1n) is 11.9. The zero-order valence-corrected chi connectivity index (χ0v) is 21.7. The molecule has 4 rings (SSSR count). The van der Waals surface area contributed by atoms with Crippen molar-refractivity contribution in [3.05, 3.63) is 78.6 Å². The number of hydrogen-bond acceptors (Lipinski definition) is 8. The van der Waals surface area contributed by atoms with Gasteiger partial charge in [0.25, 0.3) is 10.0 Å². The van der Waals surface area contributed by atoms with Crippen LogP contribution >= 0.6 is 0 Å². The number of aliphatic hydroxyl groups is 1. The summed E-state index contributed by atoms with van der Waals surface area (Å²) in [5.41, 5.74) is 1.71. The van der Waals surface area contributed by atoms with Gasteiger partial charge in [0.2, 0.25) is 5.88 Å². The van der Waals surface area contributed by atoms with E-state index in [-0.39, 0.29) is 22.9 Å². The number of fused-ring (bicyclic) bond motifs is 1. The third kappa shape index (κ3) is 6.85. The number of pyridine rings is 1. The van der Waals surface area contributed by atoms with Crippen LogP contribution in [0.3, 0.4) is 0 Å². The first-order valence-corrected chi connectivity index (χ1v) is 13.3. The molecule has 0 bridgehead atoms. The molecule has 0 saturated carbocycles. The van der Waals surface area contributed by atoms with Gasteiger partial charge in [0.05, 0.1) is 22.8 Å². The first-order chi connectivity index (χ1) is 18.0. The van der Waals surface area contributed by atoms with Gasteiger partial charge in [-0.1, -0.05) is 30.3 Å². The summed E-state index contributed by atoms with van der Waals surface area (Å²) >= 11 is 0. The van der Waals surface area contributed by atoms with Gasteiger partial charge in [0, 0.05) is 30.4 Å². The molecule has 0 aliphatic rings. The predicted octanol–water partition coefficient (Wildman–Crippen LogP) is 3.78. The Morgan fingerprint density at radius 3 is 2.61 bits per heavy atom. The summed E-state index contributed by atoms with van der Waals surface area (Å²) in [5.74, 6) is -0.0387.